The van der Waals surface area contributed by atoms with Crippen LogP contribution in [0.1, 0.15) is 47.7 Å². The largest absolute Gasteiger partial charge is 0.378 e. The third kappa shape index (κ3) is 2.53. The Labute approximate surface area is 108 Å². The van der Waals surface area contributed by atoms with Gasteiger partial charge in [0.25, 0.3) is 0 Å². The van der Waals surface area contributed by atoms with Gasteiger partial charge in [0.15, 0.2) is 0 Å². The second-order valence-corrected chi connectivity index (χ2v) is 4.63. The molecule has 4 nitrogen and oxygen atoms in total. The van der Waals surface area contributed by atoms with Crippen molar-refractivity contribution in [1.82, 2.24) is 4.98 Å². The molecule has 2 rings (SSSR count). The normalized spacial score (nSPS) is 15.2. The molecule has 0 atom stereocenters. The van der Waals surface area contributed by atoms with Crippen LogP contribution in [0.15, 0.2) is 6.07 Å². The van der Waals surface area contributed by atoms with Crippen LogP contribution in [-0.2, 0) is 22.7 Å². The number of pyridine rings is 1. The molecule has 1 heterocycles. The van der Waals surface area contributed by atoms with E-state index in [1.165, 1.54) is 6.42 Å². The molecular formula is C14H18N2O2. The van der Waals surface area contributed by atoms with Crippen LogP contribution in [0.2, 0.25) is 0 Å². The van der Waals surface area contributed by atoms with E-state index in [2.05, 4.69) is 11.1 Å². The third-order valence-electron chi connectivity index (χ3n) is 3.40. The molecule has 0 radical (unpaired) electrons. The van der Waals surface area contributed by atoms with E-state index >= 15 is 0 Å². The lowest BCUT2D eigenvalue weighted by atomic mass is 9.77. The SMILES string of the molecule is COCc1cc(C#N)c(C2CCC2)c(COC)n1. The van der Waals surface area contributed by atoms with Crippen LogP contribution in [0.5, 0.6) is 0 Å². The second-order valence-electron chi connectivity index (χ2n) is 4.63. The summed E-state index contributed by atoms with van der Waals surface area (Å²) in [6.45, 7) is 0.883. The molecule has 96 valence electrons. The maximum atomic E-state index is 9.31. The first-order chi connectivity index (χ1) is 8.80. The topological polar surface area (TPSA) is 55.1 Å². The summed E-state index contributed by atoms with van der Waals surface area (Å²) in [6.07, 6.45) is 3.54. The lowest BCUT2D eigenvalue weighted by Crippen LogP contribution is -2.16. The fourth-order valence-corrected chi connectivity index (χ4v) is 2.38. The van der Waals surface area contributed by atoms with Crippen molar-refractivity contribution >= 4 is 0 Å². The summed E-state index contributed by atoms with van der Waals surface area (Å²) in [5.74, 6) is 0.480. The molecule has 1 fully saturated rings. The molecule has 4 heteroatoms. The average molecular weight is 246 g/mol. The van der Waals surface area contributed by atoms with Gasteiger partial charge in [-0.15, -0.1) is 0 Å². The highest BCUT2D eigenvalue weighted by atomic mass is 16.5. The van der Waals surface area contributed by atoms with Gasteiger partial charge in [-0.25, -0.2) is 0 Å². The van der Waals surface area contributed by atoms with Gasteiger partial charge in [-0.3, -0.25) is 4.98 Å². The Kier molecular flexibility index (Phi) is 4.29. The van der Waals surface area contributed by atoms with Crippen molar-refractivity contribution in [1.29, 1.82) is 5.26 Å². The van der Waals surface area contributed by atoms with Crippen LogP contribution >= 0.6 is 0 Å². The molecule has 0 saturated heterocycles. The van der Waals surface area contributed by atoms with Gasteiger partial charge in [0.2, 0.25) is 0 Å². The Hall–Kier alpha value is -1.44. The van der Waals surface area contributed by atoms with E-state index in [1.807, 2.05) is 6.07 Å². The Morgan fingerprint density at radius 3 is 2.56 bits per heavy atom. The second kappa shape index (κ2) is 5.94. The maximum absolute atomic E-state index is 9.31. The first-order valence-corrected chi connectivity index (χ1v) is 6.20. The maximum Gasteiger partial charge on any atom is 0.0996 e. The Balaban J connectivity index is 2.43. The zero-order chi connectivity index (χ0) is 13.0. The van der Waals surface area contributed by atoms with Crippen LogP contribution in [0.25, 0.3) is 0 Å². The summed E-state index contributed by atoms with van der Waals surface area (Å²) in [4.78, 5) is 4.56. The van der Waals surface area contributed by atoms with Crippen molar-refractivity contribution in [2.75, 3.05) is 14.2 Å². The Morgan fingerprint density at radius 2 is 2.06 bits per heavy atom. The highest BCUT2D eigenvalue weighted by molar-refractivity contribution is 5.44. The number of ether oxygens (including phenoxy) is 2. The summed E-state index contributed by atoms with van der Waals surface area (Å²) in [5, 5.41) is 9.31. The molecule has 0 amide bonds. The summed E-state index contributed by atoms with van der Waals surface area (Å²) in [5.41, 5.74) is 3.51. The molecule has 1 aromatic heterocycles. The van der Waals surface area contributed by atoms with Crippen LogP contribution in [0, 0.1) is 11.3 Å². The van der Waals surface area contributed by atoms with Crippen molar-refractivity contribution in [3.05, 3.63) is 28.6 Å². The smallest absolute Gasteiger partial charge is 0.0996 e. The number of hydrogen-bond acceptors (Lipinski definition) is 4. The third-order valence-corrected chi connectivity index (χ3v) is 3.40. The molecule has 1 saturated carbocycles. The summed E-state index contributed by atoms with van der Waals surface area (Å²) in [7, 11) is 3.28. The fraction of sp³-hybridized carbons (Fsp3) is 0.571. The predicted molar refractivity (Wildman–Crippen MR) is 67.0 cm³/mol. The molecule has 0 unspecified atom stereocenters. The quantitative estimate of drug-likeness (QED) is 0.801. The molecule has 1 aliphatic carbocycles. The fourth-order valence-electron chi connectivity index (χ4n) is 2.38. The predicted octanol–water partition coefficient (Wildman–Crippen LogP) is 2.51. The highest BCUT2D eigenvalue weighted by Gasteiger charge is 2.26. The summed E-state index contributed by atoms with van der Waals surface area (Å²) in [6, 6.07) is 4.13. The lowest BCUT2D eigenvalue weighted by molar-refractivity contribution is 0.171. The van der Waals surface area contributed by atoms with Gasteiger partial charge >= 0.3 is 0 Å². The molecule has 18 heavy (non-hydrogen) atoms. The number of nitriles is 1. The number of hydrogen-bond donors (Lipinski definition) is 0. The van der Waals surface area contributed by atoms with Crippen molar-refractivity contribution in [2.24, 2.45) is 0 Å². The number of rotatable bonds is 5. The van der Waals surface area contributed by atoms with E-state index in [0.29, 0.717) is 19.1 Å². The van der Waals surface area contributed by atoms with Gasteiger partial charge in [0.1, 0.15) is 0 Å². The zero-order valence-corrected chi connectivity index (χ0v) is 10.9. The van der Waals surface area contributed by atoms with Gasteiger partial charge in [-0.2, -0.15) is 5.26 Å². The molecule has 0 aromatic carbocycles. The van der Waals surface area contributed by atoms with Crippen LogP contribution in [-0.4, -0.2) is 19.2 Å². The van der Waals surface area contributed by atoms with Crippen molar-refractivity contribution < 1.29 is 9.47 Å². The van der Waals surface area contributed by atoms with Crippen molar-refractivity contribution in [3.63, 3.8) is 0 Å². The van der Waals surface area contributed by atoms with E-state index < -0.39 is 0 Å². The van der Waals surface area contributed by atoms with Crippen LogP contribution < -0.4 is 0 Å². The van der Waals surface area contributed by atoms with E-state index in [0.717, 1.165) is 35.4 Å². The summed E-state index contributed by atoms with van der Waals surface area (Å²) >= 11 is 0. The number of methoxy groups -OCH3 is 2. The number of aromatic nitrogens is 1. The van der Waals surface area contributed by atoms with Crippen LogP contribution in [0.3, 0.4) is 0 Å². The standard InChI is InChI=1S/C14H18N2O2/c1-17-8-12-6-11(7-15)14(10-4-3-5-10)13(16-12)9-18-2/h6,10H,3-5,8-9H2,1-2H3. The monoisotopic (exact) mass is 246 g/mol. The van der Waals surface area contributed by atoms with Gasteiger partial charge < -0.3 is 9.47 Å². The van der Waals surface area contributed by atoms with Crippen LogP contribution in [0.4, 0.5) is 0 Å². The van der Waals surface area contributed by atoms with E-state index in [4.69, 9.17) is 9.47 Å². The van der Waals surface area contributed by atoms with Gasteiger partial charge in [0.05, 0.1) is 36.2 Å². The van der Waals surface area contributed by atoms with Gasteiger partial charge in [-0.05, 0) is 30.4 Å². The zero-order valence-electron chi connectivity index (χ0n) is 10.9. The lowest BCUT2D eigenvalue weighted by Gasteiger charge is -2.28. The molecule has 0 N–H and O–H groups in total. The number of nitrogens with zero attached hydrogens (tertiary/aromatic N) is 2. The van der Waals surface area contributed by atoms with Crippen molar-refractivity contribution in [3.8, 4) is 6.07 Å². The molecule has 1 aliphatic rings. The van der Waals surface area contributed by atoms with Gasteiger partial charge in [-0.1, -0.05) is 6.42 Å². The minimum absolute atomic E-state index is 0.427. The molecule has 1 aromatic rings. The Morgan fingerprint density at radius 1 is 1.33 bits per heavy atom. The minimum atomic E-state index is 0.427. The molecule has 0 aliphatic heterocycles. The molecule has 0 bridgehead atoms. The first-order valence-electron chi connectivity index (χ1n) is 6.20. The van der Waals surface area contributed by atoms with E-state index in [1.54, 1.807) is 14.2 Å². The highest BCUT2D eigenvalue weighted by Crippen LogP contribution is 2.39. The van der Waals surface area contributed by atoms with E-state index in [9.17, 15) is 5.26 Å². The van der Waals surface area contributed by atoms with E-state index in [-0.39, 0.29) is 0 Å². The Bertz CT molecular complexity index is 462. The minimum Gasteiger partial charge on any atom is -0.378 e. The summed E-state index contributed by atoms with van der Waals surface area (Å²) < 4.78 is 10.3. The molecule has 0 spiro atoms. The molecular weight excluding hydrogens is 228 g/mol. The van der Waals surface area contributed by atoms with Crippen molar-refractivity contribution in [2.45, 2.75) is 38.4 Å². The first kappa shape index (κ1) is 13.0. The van der Waals surface area contributed by atoms with Gasteiger partial charge in [0, 0.05) is 14.2 Å². The average Bonchev–Trinajstić information content (AvgIpc) is 2.30.